The van der Waals surface area contributed by atoms with E-state index in [9.17, 15) is 4.39 Å². The maximum Gasteiger partial charge on any atom is 0.184 e. The van der Waals surface area contributed by atoms with Gasteiger partial charge in [0.25, 0.3) is 0 Å². The van der Waals surface area contributed by atoms with Gasteiger partial charge in [0.15, 0.2) is 8.29 Å². The van der Waals surface area contributed by atoms with Gasteiger partial charge >= 0.3 is 0 Å². The smallest absolute Gasteiger partial charge is 0.184 e. The zero-order valence-electron chi connectivity index (χ0n) is 13.2. The number of methoxy groups -OCH3 is 1. The van der Waals surface area contributed by atoms with Crippen LogP contribution in [-0.2, 0) is 5.75 Å². The summed E-state index contributed by atoms with van der Waals surface area (Å²) < 4.78 is 22.0. The number of aryl methyl sites for hydroxylation is 1. The Morgan fingerprint density at radius 2 is 2.08 bits per heavy atom. The standard InChI is InChI=1S/C17H15FN2OS3/c1-11-5-3-4-6-14(11)20-17(22)24-16(19-20)23-10-12-9-13(18)7-8-15(12)21-2/h3-9H,10H2,1-2H3. The lowest BCUT2D eigenvalue weighted by molar-refractivity contribution is 0.410. The van der Waals surface area contributed by atoms with Gasteiger partial charge in [0.2, 0.25) is 0 Å². The molecule has 124 valence electrons. The van der Waals surface area contributed by atoms with E-state index in [1.165, 1.54) is 35.2 Å². The molecule has 1 heterocycles. The zero-order chi connectivity index (χ0) is 17.1. The minimum atomic E-state index is -0.274. The van der Waals surface area contributed by atoms with Gasteiger partial charge in [-0.2, -0.15) is 0 Å². The topological polar surface area (TPSA) is 27.1 Å². The molecular weight excluding hydrogens is 363 g/mol. The molecule has 0 radical (unpaired) electrons. The number of thioether (sulfide) groups is 1. The van der Waals surface area contributed by atoms with Crippen LogP contribution in [0.2, 0.25) is 0 Å². The lowest BCUT2D eigenvalue weighted by Gasteiger charge is -2.07. The van der Waals surface area contributed by atoms with Crippen LogP contribution < -0.4 is 4.74 Å². The van der Waals surface area contributed by atoms with Crippen LogP contribution in [0.5, 0.6) is 5.75 Å². The van der Waals surface area contributed by atoms with E-state index in [-0.39, 0.29) is 5.82 Å². The van der Waals surface area contributed by atoms with Crippen LogP contribution in [0.25, 0.3) is 5.69 Å². The van der Waals surface area contributed by atoms with Crippen LogP contribution in [0.4, 0.5) is 4.39 Å². The van der Waals surface area contributed by atoms with Gasteiger partial charge in [0, 0.05) is 11.3 Å². The fourth-order valence-corrected chi connectivity index (χ4v) is 4.60. The third kappa shape index (κ3) is 3.68. The molecule has 0 fully saturated rings. The summed E-state index contributed by atoms with van der Waals surface area (Å²) in [6.07, 6.45) is 0. The first-order valence-corrected chi connectivity index (χ1v) is 9.41. The molecule has 0 saturated heterocycles. The average molecular weight is 379 g/mol. The molecule has 0 saturated carbocycles. The normalized spacial score (nSPS) is 10.8. The lowest BCUT2D eigenvalue weighted by atomic mass is 10.2. The second kappa shape index (κ2) is 7.46. The first kappa shape index (κ1) is 17.1. The molecule has 0 bridgehead atoms. The van der Waals surface area contributed by atoms with Crippen molar-refractivity contribution in [3.8, 4) is 11.4 Å². The van der Waals surface area contributed by atoms with Gasteiger partial charge in [-0.25, -0.2) is 9.07 Å². The summed E-state index contributed by atoms with van der Waals surface area (Å²) in [5.41, 5.74) is 2.89. The fourth-order valence-electron chi connectivity index (χ4n) is 2.27. The van der Waals surface area contributed by atoms with E-state index in [1.54, 1.807) is 17.9 Å². The number of hydrogen-bond acceptors (Lipinski definition) is 5. The number of rotatable bonds is 5. The highest BCUT2D eigenvalue weighted by atomic mass is 32.2. The molecule has 0 amide bonds. The molecule has 0 spiro atoms. The molecule has 1 aromatic heterocycles. The van der Waals surface area contributed by atoms with Gasteiger partial charge in [-0.05, 0) is 49.0 Å². The van der Waals surface area contributed by atoms with Crippen molar-refractivity contribution in [1.29, 1.82) is 0 Å². The number of aromatic nitrogens is 2. The maximum atomic E-state index is 13.4. The minimum Gasteiger partial charge on any atom is -0.496 e. The molecule has 0 atom stereocenters. The minimum absolute atomic E-state index is 0.274. The molecule has 0 N–H and O–H groups in total. The van der Waals surface area contributed by atoms with Gasteiger partial charge in [-0.3, -0.25) is 0 Å². The molecule has 24 heavy (non-hydrogen) atoms. The summed E-state index contributed by atoms with van der Waals surface area (Å²) in [5, 5.41) is 4.59. The van der Waals surface area contributed by atoms with E-state index in [2.05, 4.69) is 5.10 Å². The Labute approximate surface area is 153 Å². The quantitative estimate of drug-likeness (QED) is 0.438. The van der Waals surface area contributed by atoms with Gasteiger partial charge in [-0.1, -0.05) is 41.3 Å². The number of nitrogens with zero attached hydrogens (tertiary/aromatic N) is 2. The monoisotopic (exact) mass is 378 g/mol. The van der Waals surface area contributed by atoms with Crippen molar-refractivity contribution in [3.63, 3.8) is 0 Å². The molecular formula is C17H15FN2OS3. The zero-order valence-corrected chi connectivity index (χ0v) is 15.6. The molecule has 3 aromatic rings. The van der Waals surface area contributed by atoms with E-state index in [0.717, 1.165) is 21.2 Å². The summed E-state index contributed by atoms with van der Waals surface area (Å²) in [6, 6.07) is 12.5. The highest BCUT2D eigenvalue weighted by Gasteiger charge is 2.11. The van der Waals surface area contributed by atoms with Crippen LogP contribution >= 0.6 is 35.3 Å². The Bertz CT molecular complexity index is 920. The Balaban J connectivity index is 1.83. The number of halogens is 1. The molecule has 7 heteroatoms. The van der Waals surface area contributed by atoms with E-state index in [1.807, 2.05) is 31.2 Å². The number of para-hydroxylation sites is 1. The first-order valence-electron chi connectivity index (χ1n) is 7.20. The fraction of sp³-hybridized carbons (Fsp3) is 0.176. The number of benzene rings is 2. The highest BCUT2D eigenvalue weighted by Crippen LogP contribution is 2.31. The summed E-state index contributed by atoms with van der Waals surface area (Å²) in [5.74, 6) is 0.965. The van der Waals surface area contributed by atoms with Gasteiger partial charge in [0.1, 0.15) is 11.6 Å². The molecule has 0 aliphatic rings. The Morgan fingerprint density at radius 3 is 2.83 bits per heavy atom. The van der Waals surface area contributed by atoms with Gasteiger partial charge < -0.3 is 4.74 Å². The van der Waals surface area contributed by atoms with Crippen LogP contribution in [0.1, 0.15) is 11.1 Å². The van der Waals surface area contributed by atoms with Crippen molar-refractivity contribution in [2.45, 2.75) is 17.0 Å². The molecule has 0 aliphatic carbocycles. The maximum absolute atomic E-state index is 13.4. The highest BCUT2D eigenvalue weighted by molar-refractivity contribution is 8.00. The second-order valence-corrected chi connectivity index (χ2v) is 7.92. The van der Waals surface area contributed by atoms with Gasteiger partial charge in [0.05, 0.1) is 12.8 Å². The Hall–Kier alpha value is -1.70. The SMILES string of the molecule is COc1ccc(F)cc1CSc1nn(-c2ccccc2C)c(=S)s1. The third-order valence-corrected chi connectivity index (χ3v) is 5.88. The molecule has 3 rings (SSSR count). The van der Waals surface area contributed by atoms with Crippen molar-refractivity contribution in [3.05, 3.63) is 63.4 Å². The molecule has 3 nitrogen and oxygen atoms in total. The van der Waals surface area contributed by atoms with Gasteiger partial charge in [-0.15, -0.1) is 5.10 Å². The Morgan fingerprint density at radius 1 is 1.29 bits per heavy atom. The summed E-state index contributed by atoms with van der Waals surface area (Å²) in [6.45, 7) is 2.03. The molecule has 2 aromatic carbocycles. The van der Waals surface area contributed by atoms with Crippen LogP contribution in [-0.4, -0.2) is 16.9 Å². The van der Waals surface area contributed by atoms with E-state index >= 15 is 0 Å². The number of ether oxygens (including phenoxy) is 1. The molecule has 0 aliphatic heterocycles. The average Bonchev–Trinajstić information content (AvgIpc) is 2.94. The van der Waals surface area contributed by atoms with Crippen LogP contribution in [0.3, 0.4) is 0 Å². The predicted octanol–water partition coefficient (Wildman–Crippen LogP) is 5.41. The second-order valence-electron chi connectivity index (χ2n) is 5.08. The van der Waals surface area contributed by atoms with Crippen molar-refractivity contribution in [2.75, 3.05) is 7.11 Å². The Kier molecular flexibility index (Phi) is 5.33. The first-order chi connectivity index (χ1) is 11.6. The summed E-state index contributed by atoms with van der Waals surface area (Å²) >= 11 is 8.41. The van der Waals surface area contributed by atoms with Crippen molar-refractivity contribution < 1.29 is 9.13 Å². The van der Waals surface area contributed by atoms with E-state index in [0.29, 0.717) is 15.5 Å². The summed E-state index contributed by atoms with van der Waals surface area (Å²) in [7, 11) is 1.58. The van der Waals surface area contributed by atoms with Crippen molar-refractivity contribution in [1.82, 2.24) is 9.78 Å². The number of hydrogen-bond donors (Lipinski definition) is 0. The van der Waals surface area contributed by atoms with Crippen LogP contribution in [0, 0.1) is 16.7 Å². The summed E-state index contributed by atoms with van der Waals surface area (Å²) in [4.78, 5) is 0. The van der Waals surface area contributed by atoms with Crippen LogP contribution in [0.15, 0.2) is 46.8 Å². The largest absolute Gasteiger partial charge is 0.496 e. The van der Waals surface area contributed by atoms with Crippen molar-refractivity contribution in [2.24, 2.45) is 0 Å². The van der Waals surface area contributed by atoms with Crippen molar-refractivity contribution >= 4 is 35.3 Å². The third-order valence-electron chi connectivity index (χ3n) is 3.47. The van der Waals surface area contributed by atoms with E-state index < -0.39 is 0 Å². The lowest BCUT2D eigenvalue weighted by Crippen LogP contribution is -1.98. The molecule has 0 unspecified atom stereocenters. The predicted molar refractivity (Wildman–Crippen MR) is 99.5 cm³/mol. The van der Waals surface area contributed by atoms with E-state index in [4.69, 9.17) is 17.0 Å².